The fourth-order valence-corrected chi connectivity index (χ4v) is 14.6. The van der Waals surface area contributed by atoms with E-state index in [-0.39, 0.29) is 25.7 Å². The van der Waals surface area contributed by atoms with Gasteiger partial charge in [-0.3, -0.25) is 37.3 Å². The standard InChI is InChI=1S/C83H162O17P2/c1-5-9-13-17-21-25-28-31-34-36-38-40-42-44-47-50-54-58-62-66-70-83(88)100-79(74-94-81(86)68-64-60-56-52-48-46-43-41-39-37-35-32-29-26-22-18-14-10-6-2)76-98-102(91,92)96-72-77(84)71-95-101(89,90)97-75-78(73-93-80(85)67-63-59-55-51-24-20-16-12-8-4)99-82(87)69-65-61-57-53-49-45-33-30-27-23-19-15-11-7-3/h77-79,84H,5-76H2,1-4H3,(H,89,90)(H,91,92)/t77-,78+,79+/m0/s1. The van der Waals surface area contributed by atoms with Gasteiger partial charge in [0.1, 0.15) is 19.3 Å². The number of phosphoric ester groups is 2. The number of phosphoric acid groups is 2. The van der Waals surface area contributed by atoms with Gasteiger partial charge < -0.3 is 33.8 Å². The van der Waals surface area contributed by atoms with E-state index >= 15 is 0 Å². The maximum atomic E-state index is 13.1. The quantitative estimate of drug-likeness (QED) is 0.0222. The fraction of sp³-hybridized carbons (Fsp3) is 0.952. The van der Waals surface area contributed by atoms with Crippen molar-refractivity contribution >= 4 is 39.5 Å². The number of aliphatic hydroxyl groups is 1. The first kappa shape index (κ1) is 100. The van der Waals surface area contributed by atoms with Crippen molar-refractivity contribution in [3.05, 3.63) is 0 Å². The predicted octanol–water partition coefficient (Wildman–Crippen LogP) is 25.4. The van der Waals surface area contributed by atoms with Gasteiger partial charge >= 0.3 is 39.5 Å². The molecule has 0 aliphatic carbocycles. The number of hydrogen-bond acceptors (Lipinski definition) is 15. The van der Waals surface area contributed by atoms with Crippen LogP contribution in [0.2, 0.25) is 0 Å². The van der Waals surface area contributed by atoms with Crippen LogP contribution in [0.1, 0.15) is 451 Å². The van der Waals surface area contributed by atoms with Gasteiger partial charge in [0, 0.05) is 25.7 Å². The highest BCUT2D eigenvalue weighted by molar-refractivity contribution is 7.47. The topological polar surface area (TPSA) is 237 Å². The van der Waals surface area contributed by atoms with Crippen LogP contribution in [-0.4, -0.2) is 96.7 Å². The van der Waals surface area contributed by atoms with Crippen molar-refractivity contribution in [2.45, 2.75) is 470 Å². The Morgan fingerprint density at radius 1 is 0.235 bits per heavy atom. The van der Waals surface area contributed by atoms with E-state index < -0.39 is 97.5 Å². The molecule has 0 radical (unpaired) electrons. The molecule has 0 rings (SSSR count). The molecule has 0 saturated heterocycles. The molecule has 0 saturated carbocycles. The molecular weight excluding hydrogens is 1330 g/mol. The van der Waals surface area contributed by atoms with E-state index in [1.54, 1.807) is 0 Å². The lowest BCUT2D eigenvalue weighted by molar-refractivity contribution is -0.161. The van der Waals surface area contributed by atoms with Crippen molar-refractivity contribution in [1.82, 2.24) is 0 Å². The molecule has 0 fully saturated rings. The zero-order chi connectivity index (χ0) is 74.6. The zero-order valence-corrected chi connectivity index (χ0v) is 68.4. The average molecular weight is 1490 g/mol. The molecule has 2 unspecified atom stereocenters. The zero-order valence-electron chi connectivity index (χ0n) is 66.6. The lowest BCUT2D eigenvalue weighted by Crippen LogP contribution is -2.30. The molecule has 5 atom stereocenters. The first-order chi connectivity index (χ1) is 49.7. The normalized spacial score (nSPS) is 13.8. The minimum atomic E-state index is -4.96. The lowest BCUT2D eigenvalue weighted by Gasteiger charge is -2.21. The smallest absolute Gasteiger partial charge is 0.462 e. The number of carbonyl (C=O) groups excluding carboxylic acids is 4. The Hall–Kier alpha value is -1.94. The Bertz CT molecular complexity index is 1930. The van der Waals surface area contributed by atoms with Gasteiger partial charge in [0.15, 0.2) is 12.2 Å². The largest absolute Gasteiger partial charge is 0.472 e. The van der Waals surface area contributed by atoms with Gasteiger partial charge in [0.05, 0.1) is 26.4 Å². The van der Waals surface area contributed by atoms with E-state index in [0.717, 1.165) is 89.9 Å². The van der Waals surface area contributed by atoms with Gasteiger partial charge in [-0.05, 0) is 25.7 Å². The molecule has 0 aliphatic heterocycles. The van der Waals surface area contributed by atoms with Gasteiger partial charge in [-0.2, -0.15) is 0 Å². The van der Waals surface area contributed by atoms with Crippen LogP contribution in [0.5, 0.6) is 0 Å². The molecule has 3 N–H and O–H groups in total. The average Bonchev–Trinajstić information content (AvgIpc) is 0.932. The molecule has 17 nitrogen and oxygen atoms in total. The molecule has 606 valence electrons. The van der Waals surface area contributed by atoms with E-state index in [4.69, 9.17) is 37.0 Å². The van der Waals surface area contributed by atoms with Crippen LogP contribution >= 0.6 is 15.6 Å². The van der Waals surface area contributed by atoms with Crippen molar-refractivity contribution in [2.24, 2.45) is 0 Å². The van der Waals surface area contributed by atoms with Crippen molar-refractivity contribution in [1.29, 1.82) is 0 Å². The summed E-state index contributed by atoms with van der Waals surface area (Å²) in [6.07, 6.45) is 70.8. The second kappa shape index (κ2) is 77.2. The lowest BCUT2D eigenvalue weighted by atomic mass is 10.0. The summed E-state index contributed by atoms with van der Waals surface area (Å²) in [5, 5.41) is 10.6. The molecule has 102 heavy (non-hydrogen) atoms. The number of carbonyl (C=O) groups is 4. The number of hydrogen-bond donors (Lipinski definition) is 3. The maximum absolute atomic E-state index is 13.1. The number of rotatable bonds is 84. The van der Waals surface area contributed by atoms with Crippen LogP contribution < -0.4 is 0 Å². The molecule has 0 aromatic rings. The Kier molecular flexibility index (Phi) is 75.8. The Morgan fingerprint density at radius 2 is 0.392 bits per heavy atom. The van der Waals surface area contributed by atoms with Crippen molar-refractivity contribution < 1.29 is 80.2 Å². The van der Waals surface area contributed by atoms with Crippen LogP contribution in [0.3, 0.4) is 0 Å². The second-order valence-corrected chi connectivity index (χ2v) is 32.8. The van der Waals surface area contributed by atoms with Gasteiger partial charge in [-0.25, -0.2) is 9.13 Å². The van der Waals surface area contributed by atoms with Crippen LogP contribution in [-0.2, 0) is 65.4 Å². The van der Waals surface area contributed by atoms with Crippen LogP contribution in [0.4, 0.5) is 0 Å². The van der Waals surface area contributed by atoms with E-state index in [1.165, 1.54) is 283 Å². The summed E-state index contributed by atoms with van der Waals surface area (Å²) in [5.41, 5.74) is 0. The summed E-state index contributed by atoms with van der Waals surface area (Å²) in [6, 6.07) is 0. The highest BCUT2D eigenvalue weighted by Gasteiger charge is 2.30. The molecule has 0 aromatic heterocycles. The van der Waals surface area contributed by atoms with E-state index in [9.17, 15) is 43.2 Å². The summed E-state index contributed by atoms with van der Waals surface area (Å²) in [4.78, 5) is 73.0. The van der Waals surface area contributed by atoms with Crippen molar-refractivity contribution in [2.75, 3.05) is 39.6 Å². The third kappa shape index (κ3) is 76.3. The maximum Gasteiger partial charge on any atom is 0.472 e. The summed E-state index contributed by atoms with van der Waals surface area (Å²) in [6.45, 7) is 5.02. The Labute approximate surface area is 626 Å². The van der Waals surface area contributed by atoms with Gasteiger partial charge in [0.2, 0.25) is 0 Å². The van der Waals surface area contributed by atoms with Crippen molar-refractivity contribution in [3.8, 4) is 0 Å². The number of ether oxygens (including phenoxy) is 4. The molecule has 19 heteroatoms. The van der Waals surface area contributed by atoms with Crippen LogP contribution in [0.15, 0.2) is 0 Å². The van der Waals surface area contributed by atoms with Gasteiger partial charge in [0.25, 0.3) is 0 Å². The van der Waals surface area contributed by atoms with E-state index in [2.05, 4.69) is 27.7 Å². The molecule has 0 bridgehead atoms. The minimum Gasteiger partial charge on any atom is -0.462 e. The third-order valence-electron chi connectivity index (χ3n) is 19.6. The Balaban J connectivity index is 5.20. The fourth-order valence-electron chi connectivity index (χ4n) is 13.0. The molecule has 0 heterocycles. The van der Waals surface area contributed by atoms with Gasteiger partial charge in [-0.15, -0.1) is 0 Å². The molecule has 0 amide bonds. The summed E-state index contributed by atoms with van der Waals surface area (Å²) >= 11 is 0. The monoisotopic (exact) mass is 1490 g/mol. The number of unbranched alkanes of at least 4 members (excludes halogenated alkanes) is 58. The van der Waals surface area contributed by atoms with Crippen LogP contribution in [0.25, 0.3) is 0 Å². The Morgan fingerprint density at radius 3 is 0.578 bits per heavy atom. The predicted molar refractivity (Wildman–Crippen MR) is 419 cm³/mol. The molecule has 0 spiro atoms. The van der Waals surface area contributed by atoms with Gasteiger partial charge in [-0.1, -0.05) is 400 Å². The molecular formula is C83H162O17P2. The summed E-state index contributed by atoms with van der Waals surface area (Å²) in [5.74, 6) is -2.10. The molecule has 0 aliphatic rings. The SMILES string of the molecule is CCCCCCCCCCCCCCCCCCCCCCC(=O)O[C@H](COC(=O)CCCCCCCCCCCCCCCCCCCCC)COP(=O)(O)OC[C@@H](O)COP(=O)(O)OC[C@@H](COC(=O)CCCCCCCCCCC)OC(=O)CCCCCCCCCCCCCCCC. The number of esters is 4. The van der Waals surface area contributed by atoms with E-state index in [1.807, 2.05) is 0 Å². The minimum absolute atomic E-state index is 0.109. The summed E-state index contributed by atoms with van der Waals surface area (Å²) in [7, 11) is -9.92. The van der Waals surface area contributed by atoms with Crippen molar-refractivity contribution in [3.63, 3.8) is 0 Å². The first-order valence-electron chi connectivity index (χ1n) is 43.3. The third-order valence-corrected chi connectivity index (χ3v) is 21.5. The van der Waals surface area contributed by atoms with E-state index in [0.29, 0.717) is 25.7 Å². The number of aliphatic hydroxyl groups excluding tert-OH is 1. The highest BCUT2D eigenvalue weighted by atomic mass is 31.2. The highest BCUT2D eigenvalue weighted by Crippen LogP contribution is 2.45. The first-order valence-corrected chi connectivity index (χ1v) is 46.3. The second-order valence-electron chi connectivity index (χ2n) is 29.9. The summed E-state index contributed by atoms with van der Waals surface area (Å²) < 4.78 is 68.7. The molecule has 0 aromatic carbocycles. The van der Waals surface area contributed by atoms with Crippen LogP contribution in [0, 0.1) is 0 Å².